The first-order valence-corrected chi connectivity index (χ1v) is 10.5. The molecule has 2 aromatic rings. The number of amides is 1. The van der Waals surface area contributed by atoms with Crippen molar-refractivity contribution >= 4 is 23.4 Å². The fourth-order valence-corrected chi connectivity index (χ4v) is 4.24. The molecule has 2 aromatic carbocycles. The average Bonchev–Trinajstić information content (AvgIpc) is 3.02. The number of anilines is 1. The Morgan fingerprint density at radius 1 is 1.14 bits per heavy atom. The standard InChI is InChI=1S/C24H28N2O2S/c1-16-10-11-19(12-17(16)2)26-14-18(3)29-22(26)13-24(4,5)15-25-23(28)20-8-6-7-9-21(20)27/h6-14,27H,15H2,1-5H3,(H,25,28). The molecular weight excluding hydrogens is 380 g/mol. The maximum Gasteiger partial charge on any atom is 0.255 e. The van der Waals surface area contributed by atoms with Crippen molar-refractivity contribution in [3.8, 4) is 5.75 Å². The van der Waals surface area contributed by atoms with Gasteiger partial charge >= 0.3 is 0 Å². The summed E-state index contributed by atoms with van der Waals surface area (Å²) >= 11 is 1.73. The summed E-state index contributed by atoms with van der Waals surface area (Å²) in [4.78, 5) is 15.9. The van der Waals surface area contributed by atoms with Crippen LogP contribution >= 0.6 is 11.8 Å². The number of rotatable bonds is 5. The molecule has 0 aliphatic carbocycles. The van der Waals surface area contributed by atoms with Crippen molar-refractivity contribution in [1.29, 1.82) is 0 Å². The van der Waals surface area contributed by atoms with Crippen LogP contribution in [0.15, 0.2) is 64.7 Å². The maximum atomic E-state index is 12.4. The number of aryl methyl sites for hydroxylation is 2. The zero-order valence-electron chi connectivity index (χ0n) is 17.6. The predicted molar refractivity (Wildman–Crippen MR) is 122 cm³/mol. The highest BCUT2D eigenvalue weighted by Gasteiger charge is 2.24. The van der Waals surface area contributed by atoms with Crippen molar-refractivity contribution in [3.05, 3.63) is 81.4 Å². The number of thioether (sulfide) groups is 1. The number of para-hydroxylation sites is 1. The van der Waals surface area contributed by atoms with Gasteiger partial charge in [-0.2, -0.15) is 0 Å². The van der Waals surface area contributed by atoms with Crippen LogP contribution in [0.4, 0.5) is 5.69 Å². The molecule has 0 unspecified atom stereocenters. The molecule has 1 amide bonds. The molecule has 0 spiro atoms. The first-order valence-electron chi connectivity index (χ1n) is 9.68. The van der Waals surface area contributed by atoms with Gasteiger partial charge in [-0.15, -0.1) is 0 Å². The first-order chi connectivity index (χ1) is 13.7. The molecule has 0 saturated carbocycles. The molecular formula is C24H28N2O2S. The number of aromatic hydroxyl groups is 1. The fourth-order valence-electron chi connectivity index (χ4n) is 3.12. The zero-order chi connectivity index (χ0) is 21.2. The van der Waals surface area contributed by atoms with Crippen molar-refractivity contribution in [1.82, 2.24) is 5.32 Å². The molecule has 0 atom stereocenters. The van der Waals surface area contributed by atoms with Crippen molar-refractivity contribution < 1.29 is 9.90 Å². The molecule has 4 nitrogen and oxygen atoms in total. The van der Waals surface area contributed by atoms with E-state index >= 15 is 0 Å². The average molecular weight is 409 g/mol. The Kier molecular flexibility index (Phi) is 6.08. The van der Waals surface area contributed by atoms with Gasteiger partial charge in [-0.05, 0) is 62.2 Å². The van der Waals surface area contributed by atoms with Gasteiger partial charge in [0.25, 0.3) is 5.91 Å². The summed E-state index contributed by atoms with van der Waals surface area (Å²) in [6, 6.07) is 13.1. The van der Waals surface area contributed by atoms with Gasteiger partial charge in [0.2, 0.25) is 0 Å². The number of benzene rings is 2. The molecule has 152 valence electrons. The van der Waals surface area contributed by atoms with Gasteiger partial charge in [-0.3, -0.25) is 4.79 Å². The molecule has 0 radical (unpaired) electrons. The number of hydrogen-bond acceptors (Lipinski definition) is 4. The topological polar surface area (TPSA) is 52.6 Å². The SMILES string of the molecule is CC1=CN(c2ccc(C)c(C)c2)C(=CC(C)(C)CNC(=O)c2ccccc2O)S1. The minimum atomic E-state index is -0.269. The van der Waals surface area contributed by atoms with E-state index in [0.717, 1.165) is 10.7 Å². The number of nitrogens with zero attached hydrogens (tertiary/aromatic N) is 1. The Morgan fingerprint density at radius 3 is 2.55 bits per heavy atom. The van der Waals surface area contributed by atoms with Crippen LogP contribution in [-0.2, 0) is 0 Å². The molecule has 0 fully saturated rings. The summed E-state index contributed by atoms with van der Waals surface area (Å²) in [5, 5.41) is 14.0. The van der Waals surface area contributed by atoms with E-state index in [1.165, 1.54) is 22.1 Å². The minimum absolute atomic E-state index is 0.00625. The smallest absolute Gasteiger partial charge is 0.255 e. The molecule has 1 aliphatic heterocycles. The van der Waals surface area contributed by atoms with Crippen molar-refractivity contribution in [2.24, 2.45) is 5.41 Å². The van der Waals surface area contributed by atoms with Crippen molar-refractivity contribution in [3.63, 3.8) is 0 Å². The lowest BCUT2D eigenvalue weighted by atomic mass is 9.93. The summed E-state index contributed by atoms with van der Waals surface area (Å²) in [5.74, 6) is -0.276. The lowest BCUT2D eigenvalue weighted by molar-refractivity contribution is 0.0940. The Hall–Kier alpha value is -2.66. The summed E-state index contributed by atoms with van der Waals surface area (Å²) in [7, 11) is 0. The number of allylic oxidation sites excluding steroid dienone is 1. The fraction of sp³-hybridized carbons (Fsp3) is 0.292. The summed E-state index contributed by atoms with van der Waals surface area (Å²) in [6.45, 7) is 11.0. The van der Waals surface area contributed by atoms with Gasteiger partial charge < -0.3 is 15.3 Å². The molecule has 29 heavy (non-hydrogen) atoms. The third-order valence-electron chi connectivity index (χ3n) is 4.95. The van der Waals surface area contributed by atoms with E-state index in [1.54, 1.807) is 30.0 Å². The van der Waals surface area contributed by atoms with Crippen molar-refractivity contribution in [2.75, 3.05) is 11.4 Å². The van der Waals surface area contributed by atoms with Crippen LogP contribution in [0.3, 0.4) is 0 Å². The second-order valence-electron chi connectivity index (χ2n) is 8.15. The van der Waals surface area contributed by atoms with Crippen LogP contribution in [0, 0.1) is 19.3 Å². The van der Waals surface area contributed by atoms with Gasteiger partial charge in [0.15, 0.2) is 0 Å². The number of carbonyl (C=O) groups is 1. The van der Waals surface area contributed by atoms with Crippen LogP contribution in [0.1, 0.15) is 42.3 Å². The van der Waals surface area contributed by atoms with E-state index in [4.69, 9.17) is 0 Å². The Labute approximate surface area is 177 Å². The van der Waals surface area contributed by atoms with Crippen LogP contribution in [-0.4, -0.2) is 17.6 Å². The second kappa shape index (κ2) is 8.37. The van der Waals surface area contributed by atoms with Crippen LogP contribution in [0.5, 0.6) is 5.75 Å². The molecule has 2 N–H and O–H groups in total. The first kappa shape index (κ1) is 21.1. The van der Waals surface area contributed by atoms with E-state index in [9.17, 15) is 9.90 Å². The molecule has 3 rings (SSSR count). The third kappa shape index (κ3) is 5.04. The highest BCUT2D eigenvalue weighted by Crippen LogP contribution is 2.41. The Bertz CT molecular complexity index is 992. The van der Waals surface area contributed by atoms with Gasteiger partial charge in [0.1, 0.15) is 5.75 Å². The number of hydrogen-bond donors (Lipinski definition) is 2. The third-order valence-corrected chi connectivity index (χ3v) is 5.90. The van der Waals surface area contributed by atoms with Gasteiger partial charge in [0.05, 0.1) is 10.6 Å². The zero-order valence-corrected chi connectivity index (χ0v) is 18.4. The van der Waals surface area contributed by atoms with Gasteiger partial charge in [-0.1, -0.05) is 43.8 Å². The van der Waals surface area contributed by atoms with E-state index < -0.39 is 0 Å². The van der Waals surface area contributed by atoms with Crippen LogP contribution < -0.4 is 10.2 Å². The number of nitrogens with one attached hydrogen (secondary N) is 1. The molecule has 0 bridgehead atoms. The highest BCUT2D eigenvalue weighted by molar-refractivity contribution is 8.07. The molecule has 1 aliphatic rings. The normalized spacial score (nSPS) is 15.6. The lowest BCUT2D eigenvalue weighted by Crippen LogP contribution is -2.33. The monoisotopic (exact) mass is 408 g/mol. The summed E-state index contributed by atoms with van der Waals surface area (Å²) < 4.78 is 0. The Balaban J connectivity index is 1.76. The molecule has 1 heterocycles. The Morgan fingerprint density at radius 2 is 1.86 bits per heavy atom. The summed E-state index contributed by atoms with van der Waals surface area (Å²) in [6.07, 6.45) is 4.35. The largest absolute Gasteiger partial charge is 0.507 e. The number of carbonyl (C=O) groups excluding carboxylic acids is 1. The number of phenols is 1. The molecule has 5 heteroatoms. The summed E-state index contributed by atoms with van der Waals surface area (Å²) in [5.41, 5.74) is 3.70. The lowest BCUT2D eigenvalue weighted by Gasteiger charge is -2.25. The minimum Gasteiger partial charge on any atom is -0.507 e. The second-order valence-corrected chi connectivity index (χ2v) is 9.42. The predicted octanol–water partition coefficient (Wildman–Crippen LogP) is 5.72. The molecule has 0 saturated heterocycles. The van der Waals surface area contributed by atoms with E-state index in [-0.39, 0.29) is 17.1 Å². The maximum absolute atomic E-state index is 12.4. The van der Waals surface area contributed by atoms with Gasteiger partial charge in [0, 0.05) is 28.8 Å². The van der Waals surface area contributed by atoms with Crippen LogP contribution in [0.25, 0.3) is 0 Å². The quantitative estimate of drug-likeness (QED) is 0.664. The number of phenolic OH excluding ortho intramolecular Hbond substituents is 1. The molecule has 0 aromatic heterocycles. The van der Waals surface area contributed by atoms with E-state index in [1.807, 2.05) is 0 Å². The van der Waals surface area contributed by atoms with Crippen LogP contribution in [0.2, 0.25) is 0 Å². The van der Waals surface area contributed by atoms with E-state index in [0.29, 0.717) is 12.1 Å². The highest BCUT2D eigenvalue weighted by atomic mass is 32.2. The van der Waals surface area contributed by atoms with Crippen molar-refractivity contribution in [2.45, 2.75) is 34.6 Å². The van der Waals surface area contributed by atoms with E-state index in [2.05, 4.69) is 75.3 Å². The van der Waals surface area contributed by atoms with Gasteiger partial charge in [-0.25, -0.2) is 0 Å².